The summed E-state index contributed by atoms with van der Waals surface area (Å²) >= 11 is 6.49. The number of halogens is 1. The standard InChI is InChI=1S/C23H31ClN4O2/c1-17(2)16-28-23(24)21(18(3)25-28)10-11-22(29)27-13-5-12-26(14-15-27)19-6-8-20(30-4)9-7-19/h6-11,17H,5,12-16H2,1-4H3/b11-10+. The first-order valence-electron chi connectivity index (χ1n) is 10.5. The Morgan fingerprint density at radius 3 is 2.60 bits per heavy atom. The van der Waals surface area contributed by atoms with Gasteiger partial charge < -0.3 is 14.5 Å². The van der Waals surface area contributed by atoms with Gasteiger partial charge in [-0.05, 0) is 49.6 Å². The number of carbonyl (C=O) groups is 1. The van der Waals surface area contributed by atoms with Gasteiger partial charge >= 0.3 is 0 Å². The molecule has 1 aliphatic rings. The zero-order chi connectivity index (χ0) is 21.7. The van der Waals surface area contributed by atoms with E-state index in [4.69, 9.17) is 16.3 Å². The molecular weight excluding hydrogens is 400 g/mol. The average molecular weight is 431 g/mol. The lowest BCUT2D eigenvalue weighted by atomic mass is 10.2. The third-order valence-electron chi connectivity index (χ3n) is 5.29. The summed E-state index contributed by atoms with van der Waals surface area (Å²) in [6.45, 7) is 10.1. The van der Waals surface area contributed by atoms with Gasteiger partial charge in [0.25, 0.3) is 0 Å². The topological polar surface area (TPSA) is 50.6 Å². The summed E-state index contributed by atoms with van der Waals surface area (Å²) < 4.78 is 7.05. The van der Waals surface area contributed by atoms with Crippen molar-refractivity contribution in [3.63, 3.8) is 0 Å². The molecule has 2 heterocycles. The van der Waals surface area contributed by atoms with Crippen LogP contribution in [0.4, 0.5) is 5.69 Å². The lowest BCUT2D eigenvalue weighted by molar-refractivity contribution is -0.125. The van der Waals surface area contributed by atoms with Crippen molar-refractivity contribution < 1.29 is 9.53 Å². The molecule has 0 unspecified atom stereocenters. The van der Waals surface area contributed by atoms with Gasteiger partial charge in [-0.25, -0.2) is 0 Å². The first-order chi connectivity index (χ1) is 14.4. The number of rotatable bonds is 6. The number of hydrogen-bond acceptors (Lipinski definition) is 4. The van der Waals surface area contributed by atoms with E-state index in [1.54, 1.807) is 19.3 Å². The second-order valence-corrected chi connectivity index (χ2v) is 8.42. The Bertz CT molecular complexity index is 889. The van der Waals surface area contributed by atoms with Gasteiger partial charge in [0.05, 0.1) is 12.8 Å². The zero-order valence-electron chi connectivity index (χ0n) is 18.3. The van der Waals surface area contributed by atoms with Gasteiger partial charge in [-0.2, -0.15) is 5.10 Å². The number of amides is 1. The zero-order valence-corrected chi connectivity index (χ0v) is 19.0. The Hall–Kier alpha value is -2.47. The summed E-state index contributed by atoms with van der Waals surface area (Å²) in [6.07, 6.45) is 4.35. The Kier molecular flexibility index (Phi) is 7.43. The fraction of sp³-hybridized carbons (Fsp3) is 0.478. The molecule has 1 saturated heterocycles. The fourth-order valence-corrected chi connectivity index (χ4v) is 3.98. The molecular formula is C23H31ClN4O2. The summed E-state index contributed by atoms with van der Waals surface area (Å²) in [5.74, 6) is 1.31. The largest absolute Gasteiger partial charge is 0.497 e. The van der Waals surface area contributed by atoms with Gasteiger partial charge in [-0.1, -0.05) is 25.4 Å². The Balaban J connectivity index is 1.63. The van der Waals surface area contributed by atoms with Crippen LogP contribution in [-0.4, -0.2) is 53.9 Å². The molecule has 0 radical (unpaired) electrons. The number of ether oxygens (including phenoxy) is 1. The van der Waals surface area contributed by atoms with Crippen molar-refractivity contribution in [2.75, 3.05) is 38.2 Å². The number of hydrogen-bond donors (Lipinski definition) is 0. The average Bonchev–Trinajstić information content (AvgIpc) is 2.91. The monoisotopic (exact) mass is 430 g/mol. The van der Waals surface area contributed by atoms with Gasteiger partial charge in [0.2, 0.25) is 5.91 Å². The minimum absolute atomic E-state index is 0.0126. The molecule has 0 spiro atoms. The van der Waals surface area contributed by atoms with Crippen LogP contribution in [0.15, 0.2) is 30.3 Å². The van der Waals surface area contributed by atoms with E-state index in [0.29, 0.717) is 17.6 Å². The third kappa shape index (κ3) is 5.36. The van der Waals surface area contributed by atoms with Crippen molar-refractivity contribution in [1.29, 1.82) is 0 Å². The maximum Gasteiger partial charge on any atom is 0.246 e. The van der Waals surface area contributed by atoms with E-state index in [-0.39, 0.29) is 5.91 Å². The Morgan fingerprint density at radius 1 is 1.20 bits per heavy atom. The van der Waals surface area contributed by atoms with Gasteiger partial charge in [0, 0.05) is 50.1 Å². The molecule has 0 N–H and O–H groups in total. The summed E-state index contributed by atoms with van der Waals surface area (Å²) in [5.41, 5.74) is 2.81. The van der Waals surface area contributed by atoms with Crippen LogP contribution in [0.3, 0.4) is 0 Å². The van der Waals surface area contributed by atoms with Crippen LogP contribution in [0.5, 0.6) is 5.75 Å². The van der Waals surface area contributed by atoms with Gasteiger partial charge in [-0.3, -0.25) is 9.48 Å². The molecule has 0 bridgehead atoms. The summed E-state index contributed by atoms with van der Waals surface area (Å²) in [7, 11) is 1.67. The van der Waals surface area contributed by atoms with Crippen LogP contribution >= 0.6 is 11.6 Å². The van der Waals surface area contributed by atoms with Crippen LogP contribution in [0.1, 0.15) is 31.5 Å². The fourth-order valence-electron chi connectivity index (χ4n) is 3.67. The van der Waals surface area contributed by atoms with E-state index in [2.05, 4.69) is 36.0 Å². The second-order valence-electron chi connectivity index (χ2n) is 8.06. The second kappa shape index (κ2) is 10.0. The molecule has 7 heteroatoms. The Labute approximate surface area is 184 Å². The SMILES string of the molecule is COc1ccc(N2CCCN(C(=O)/C=C/c3c(C)nn(CC(C)C)c3Cl)CC2)cc1. The van der Waals surface area contributed by atoms with E-state index >= 15 is 0 Å². The predicted octanol–water partition coefficient (Wildman–Crippen LogP) is 4.26. The predicted molar refractivity (Wildman–Crippen MR) is 122 cm³/mol. The summed E-state index contributed by atoms with van der Waals surface area (Å²) in [6, 6.07) is 8.07. The quantitative estimate of drug-likeness (QED) is 0.642. The minimum atomic E-state index is 0.0126. The van der Waals surface area contributed by atoms with E-state index in [9.17, 15) is 4.79 Å². The lowest BCUT2D eigenvalue weighted by Crippen LogP contribution is -2.34. The molecule has 30 heavy (non-hydrogen) atoms. The first kappa shape index (κ1) is 22.2. The van der Waals surface area contributed by atoms with Crippen molar-refractivity contribution in [1.82, 2.24) is 14.7 Å². The highest BCUT2D eigenvalue weighted by atomic mass is 35.5. The van der Waals surface area contributed by atoms with Crippen LogP contribution in [0, 0.1) is 12.8 Å². The normalized spacial score (nSPS) is 15.1. The minimum Gasteiger partial charge on any atom is -0.497 e. The molecule has 162 valence electrons. The molecule has 3 rings (SSSR count). The number of aryl methyl sites for hydroxylation is 1. The summed E-state index contributed by atoms with van der Waals surface area (Å²) in [4.78, 5) is 17.0. The Morgan fingerprint density at radius 2 is 1.93 bits per heavy atom. The maximum atomic E-state index is 12.8. The molecule has 0 atom stereocenters. The highest BCUT2D eigenvalue weighted by Crippen LogP contribution is 2.23. The van der Waals surface area contributed by atoms with Crippen LogP contribution in [0.2, 0.25) is 5.15 Å². The molecule has 0 aliphatic carbocycles. The number of aromatic nitrogens is 2. The van der Waals surface area contributed by atoms with Crippen LogP contribution < -0.4 is 9.64 Å². The first-order valence-corrected chi connectivity index (χ1v) is 10.9. The number of methoxy groups -OCH3 is 1. The van der Waals surface area contributed by atoms with E-state index in [1.807, 2.05) is 28.6 Å². The molecule has 6 nitrogen and oxygen atoms in total. The van der Waals surface area contributed by atoms with Gasteiger partial charge in [0.15, 0.2) is 0 Å². The highest BCUT2D eigenvalue weighted by molar-refractivity contribution is 6.31. The molecule has 0 saturated carbocycles. The van der Waals surface area contributed by atoms with Crippen LogP contribution in [-0.2, 0) is 11.3 Å². The van der Waals surface area contributed by atoms with E-state index < -0.39 is 0 Å². The number of nitrogens with zero attached hydrogens (tertiary/aromatic N) is 4. The van der Waals surface area contributed by atoms with Crippen molar-refractivity contribution in [2.45, 2.75) is 33.7 Å². The number of anilines is 1. The molecule has 1 aromatic heterocycles. The van der Waals surface area contributed by atoms with Crippen LogP contribution in [0.25, 0.3) is 6.08 Å². The molecule has 1 aromatic carbocycles. The van der Waals surface area contributed by atoms with E-state index in [1.165, 1.54) is 0 Å². The van der Waals surface area contributed by atoms with Crippen molar-refractivity contribution in [3.8, 4) is 5.75 Å². The maximum absolute atomic E-state index is 12.8. The molecule has 1 aliphatic heterocycles. The smallest absolute Gasteiger partial charge is 0.246 e. The lowest BCUT2D eigenvalue weighted by Gasteiger charge is -2.23. The third-order valence-corrected chi connectivity index (χ3v) is 5.68. The summed E-state index contributed by atoms with van der Waals surface area (Å²) in [5, 5.41) is 5.09. The molecule has 1 fully saturated rings. The number of carbonyl (C=O) groups excluding carboxylic acids is 1. The highest BCUT2D eigenvalue weighted by Gasteiger charge is 2.19. The molecule has 2 aromatic rings. The van der Waals surface area contributed by atoms with E-state index in [0.717, 1.165) is 55.3 Å². The van der Waals surface area contributed by atoms with Crippen molar-refractivity contribution in [2.24, 2.45) is 5.92 Å². The number of benzene rings is 1. The molecule has 1 amide bonds. The van der Waals surface area contributed by atoms with Crippen molar-refractivity contribution >= 4 is 29.3 Å². The van der Waals surface area contributed by atoms with Gasteiger partial charge in [0.1, 0.15) is 10.9 Å². The van der Waals surface area contributed by atoms with Gasteiger partial charge in [-0.15, -0.1) is 0 Å². The van der Waals surface area contributed by atoms with Crippen molar-refractivity contribution in [3.05, 3.63) is 46.8 Å².